The van der Waals surface area contributed by atoms with E-state index in [0.29, 0.717) is 26.8 Å². The quantitative estimate of drug-likeness (QED) is 0.459. The Morgan fingerprint density at radius 3 is 2.22 bits per heavy atom. The average molecular weight is 357 g/mol. The van der Waals surface area contributed by atoms with Crippen LogP contribution in [0.1, 0.15) is 52.9 Å². The molecule has 0 radical (unpaired) electrons. The molecule has 0 aromatic carbocycles. The third kappa shape index (κ3) is 4.81. The van der Waals surface area contributed by atoms with Crippen molar-refractivity contribution in [3.8, 4) is 0 Å². The molecular weight excluding hydrogens is 332 g/mol. The zero-order valence-corrected chi connectivity index (χ0v) is 15.9. The first-order valence-corrected chi connectivity index (χ1v) is 9.07. The number of Topliss-reactive ketones (excluding diaryl/α,β-unsaturated/α-hetero) is 1. The molecule has 0 fully saturated rings. The molecule has 1 rings (SSSR count). The molecule has 128 valence electrons. The largest absolute Gasteiger partial charge is 0.462 e. The molecule has 0 unspecified atom stereocenters. The Morgan fingerprint density at radius 2 is 1.70 bits per heavy atom. The summed E-state index contributed by atoms with van der Waals surface area (Å²) in [4.78, 5) is 29.8. The molecule has 0 atom stereocenters. The number of H-pyrrole nitrogens is 1. The molecule has 1 aromatic heterocycles. The number of carbonyl (C=O) groups is 2. The number of ketones is 1. The van der Waals surface area contributed by atoms with Crippen LogP contribution in [0.4, 0.5) is 0 Å². The van der Waals surface area contributed by atoms with E-state index in [1.807, 2.05) is 18.7 Å². The van der Waals surface area contributed by atoms with Crippen molar-refractivity contribution in [2.45, 2.75) is 34.6 Å². The van der Waals surface area contributed by atoms with Gasteiger partial charge in [0.15, 0.2) is 5.78 Å². The van der Waals surface area contributed by atoms with Gasteiger partial charge in [0.2, 0.25) is 0 Å². The summed E-state index contributed by atoms with van der Waals surface area (Å²) in [5.74, 6) is -0.372. The number of thioether (sulfide) groups is 1. The molecule has 0 saturated heterocycles. The number of aromatic amines is 1. The van der Waals surface area contributed by atoms with Gasteiger partial charge in [0.05, 0.1) is 23.5 Å². The fraction of sp³-hybridized carbons (Fsp3) is 0.562. The number of aryl methyl sites for hydroxylation is 2. The maximum Gasteiger partial charge on any atom is 0.340 e. The summed E-state index contributed by atoms with van der Waals surface area (Å²) < 4.78 is 5.76. The van der Waals surface area contributed by atoms with Crippen molar-refractivity contribution in [2.24, 2.45) is 0 Å². The summed E-state index contributed by atoms with van der Waals surface area (Å²) in [7, 11) is 0. The van der Waals surface area contributed by atoms with Gasteiger partial charge in [0.25, 0.3) is 0 Å². The Morgan fingerprint density at radius 1 is 1.13 bits per heavy atom. The number of carbonyl (C=O) groups excluding carboxylic acids is 2. The Kier molecular flexibility index (Phi) is 7.78. The van der Waals surface area contributed by atoms with Crippen LogP contribution < -0.4 is 0 Å². The number of nitrogens with one attached hydrogen (secondary N) is 1. The first-order valence-electron chi connectivity index (χ1n) is 7.68. The van der Waals surface area contributed by atoms with Crippen molar-refractivity contribution in [3.05, 3.63) is 22.5 Å². The van der Waals surface area contributed by atoms with Gasteiger partial charge in [-0.2, -0.15) is 0 Å². The minimum absolute atomic E-state index is 0.116. The number of ether oxygens (including phenoxy) is 1. The highest BCUT2D eigenvalue weighted by atomic mass is 32.2. The van der Waals surface area contributed by atoms with Crippen LogP contribution in [0.2, 0.25) is 0 Å². The van der Waals surface area contributed by atoms with Crippen LogP contribution in [0.3, 0.4) is 0 Å². The third-order valence-corrected chi connectivity index (χ3v) is 5.01. The summed E-state index contributed by atoms with van der Waals surface area (Å²) in [6.45, 7) is 11.2. The van der Waals surface area contributed by atoms with Crippen LogP contribution in [0, 0.1) is 13.8 Å². The van der Waals surface area contributed by atoms with E-state index in [0.717, 1.165) is 13.1 Å². The molecule has 0 aliphatic rings. The fourth-order valence-corrected chi connectivity index (χ4v) is 3.64. The lowest BCUT2D eigenvalue weighted by atomic mass is 10.1. The van der Waals surface area contributed by atoms with Gasteiger partial charge in [-0.1, -0.05) is 24.0 Å². The molecule has 1 heterocycles. The molecular formula is C16H24N2O3S2. The van der Waals surface area contributed by atoms with Gasteiger partial charge in [-0.25, -0.2) is 4.79 Å². The van der Waals surface area contributed by atoms with Gasteiger partial charge < -0.3 is 14.6 Å². The first kappa shape index (κ1) is 19.7. The topological polar surface area (TPSA) is 62.4 Å². The van der Waals surface area contributed by atoms with E-state index in [1.165, 1.54) is 11.8 Å². The van der Waals surface area contributed by atoms with Crippen molar-refractivity contribution in [1.29, 1.82) is 0 Å². The summed E-state index contributed by atoms with van der Waals surface area (Å²) in [5, 5.41) is 0. The maximum absolute atomic E-state index is 12.6. The molecule has 0 saturated carbocycles. The molecule has 1 aromatic rings. The molecule has 0 spiro atoms. The molecule has 0 aliphatic carbocycles. The number of esters is 1. The second-order valence-corrected chi connectivity index (χ2v) is 6.60. The minimum atomic E-state index is -0.464. The lowest BCUT2D eigenvalue weighted by molar-refractivity contribution is 0.0522. The number of hydrogen-bond donors (Lipinski definition) is 1. The van der Waals surface area contributed by atoms with Gasteiger partial charge in [-0.15, -0.1) is 0 Å². The molecule has 7 heteroatoms. The van der Waals surface area contributed by atoms with Crippen molar-refractivity contribution in [1.82, 2.24) is 9.88 Å². The van der Waals surface area contributed by atoms with Gasteiger partial charge in [-0.05, 0) is 34.6 Å². The zero-order valence-electron chi connectivity index (χ0n) is 14.3. The SMILES string of the molecule is CCOC(=O)c1c(C)[nH]c(C)c1C(=O)CSC(=S)N(CC)CC. The third-order valence-electron chi connectivity index (χ3n) is 3.48. The van der Waals surface area contributed by atoms with E-state index >= 15 is 0 Å². The van der Waals surface area contributed by atoms with Crippen molar-refractivity contribution < 1.29 is 14.3 Å². The van der Waals surface area contributed by atoms with Crippen LogP contribution in [0.15, 0.2) is 0 Å². The molecule has 23 heavy (non-hydrogen) atoms. The Labute approximate surface area is 147 Å². The van der Waals surface area contributed by atoms with Gasteiger partial charge in [0, 0.05) is 24.5 Å². The van der Waals surface area contributed by atoms with Crippen LogP contribution in [-0.4, -0.2) is 51.4 Å². The number of aromatic nitrogens is 1. The fourth-order valence-electron chi connectivity index (χ4n) is 2.36. The number of hydrogen-bond acceptors (Lipinski definition) is 5. The zero-order chi connectivity index (χ0) is 17.6. The summed E-state index contributed by atoms with van der Waals surface area (Å²) in [6.07, 6.45) is 0. The highest BCUT2D eigenvalue weighted by Gasteiger charge is 2.25. The van der Waals surface area contributed by atoms with Crippen LogP contribution in [0.5, 0.6) is 0 Å². The lowest BCUT2D eigenvalue weighted by Crippen LogP contribution is -2.27. The smallest absolute Gasteiger partial charge is 0.340 e. The first-order chi connectivity index (χ1) is 10.9. The van der Waals surface area contributed by atoms with E-state index in [1.54, 1.807) is 20.8 Å². The Balaban J connectivity index is 2.92. The van der Waals surface area contributed by atoms with E-state index < -0.39 is 5.97 Å². The normalized spacial score (nSPS) is 10.5. The van der Waals surface area contributed by atoms with Crippen molar-refractivity contribution >= 4 is 40.1 Å². The second kappa shape index (κ2) is 9.08. The number of thiocarbonyl (C=S) groups is 1. The van der Waals surface area contributed by atoms with Gasteiger partial charge in [-0.3, -0.25) is 4.79 Å². The molecule has 0 bridgehead atoms. The summed E-state index contributed by atoms with van der Waals surface area (Å²) in [6, 6.07) is 0. The molecule has 0 amide bonds. The predicted molar refractivity (Wildman–Crippen MR) is 98.5 cm³/mol. The van der Waals surface area contributed by atoms with E-state index in [4.69, 9.17) is 17.0 Å². The van der Waals surface area contributed by atoms with Crippen LogP contribution in [-0.2, 0) is 4.74 Å². The van der Waals surface area contributed by atoms with E-state index in [2.05, 4.69) is 4.98 Å². The van der Waals surface area contributed by atoms with E-state index in [-0.39, 0.29) is 18.1 Å². The maximum atomic E-state index is 12.6. The summed E-state index contributed by atoms with van der Waals surface area (Å²) in [5.41, 5.74) is 2.09. The minimum Gasteiger partial charge on any atom is -0.462 e. The molecule has 0 aliphatic heterocycles. The standard InChI is InChI=1S/C16H24N2O3S2/c1-6-18(7-2)16(22)23-9-12(19)13-10(4)17-11(5)14(13)15(20)21-8-3/h17H,6-9H2,1-5H3. The summed E-state index contributed by atoms with van der Waals surface area (Å²) >= 11 is 6.67. The number of nitrogens with zero attached hydrogens (tertiary/aromatic N) is 1. The van der Waals surface area contributed by atoms with E-state index in [9.17, 15) is 9.59 Å². The molecule has 5 nitrogen and oxygen atoms in total. The lowest BCUT2D eigenvalue weighted by Gasteiger charge is -2.20. The van der Waals surface area contributed by atoms with Gasteiger partial charge >= 0.3 is 5.97 Å². The molecule has 1 N–H and O–H groups in total. The van der Waals surface area contributed by atoms with Crippen LogP contribution >= 0.6 is 24.0 Å². The average Bonchev–Trinajstić information content (AvgIpc) is 2.80. The Hall–Kier alpha value is -1.34. The monoisotopic (exact) mass is 356 g/mol. The predicted octanol–water partition coefficient (Wildman–Crippen LogP) is 3.35. The van der Waals surface area contributed by atoms with Crippen LogP contribution in [0.25, 0.3) is 0 Å². The highest BCUT2D eigenvalue weighted by Crippen LogP contribution is 2.22. The highest BCUT2D eigenvalue weighted by molar-refractivity contribution is 8.23. The van der Waals surface area contributed by atoms with Gasteiger partial charge in [0.1, 0.15) is 4.32 Å². The van der Waals surface area contributed by atoms with Crippen molar-refractivity contribution in [3.63, 3.8) is 0 Å². The number of rotatable bonds is 7. The Bertz CT molecular complexity index is 592. The van der Waals surface area contributed by atoms with Crippen molar-refractivity contribution in [2.75, 3.05) is 25.4 Å². The second-order valence-electron chi connectivity index (χ2n) is 5.00.